The molecule has 1 aliphatic rings. The van der Waals surface area contributed by atoms with Crippen LogP contribution in [0.1, 0.15) is 35.6 Å². The number of hydrogen-bond donors (Lipinski definition) is 2. The fraction of sp³-hybridized carbons (Fsp3) is 0.375. The number of aromatic amines is 1. The Labute approximate surface area is 188 Å². The van der Waals surface area contributed by atoms with Gasteiger partial charge in [-0.3, -0.25) is 14.8 Å². The second-order valence-corrected chi connectivity index (χ2v) is 8.17. The zero-order valence-electron chi connectivity index (χ0n) is 18.7. The van der Waals surface area contributed by atoms with Crippen molar-refractivity contribution >= 4 is 5.91 Å². The van der Waals surface area contributed by atoms with E-state index in [1.807, 2.05) is 48.5 Å². The number of ether oxygens (including phenoxy) is 2. The minimum absolute atomic E-state index is 0.146. The summed E-state index contributed by atoms with van der Waals surface area (Å²) in [6.45, 7) is 7.17. The van der Waals surface area contributed by atoms with Crippen molar-refractivity contribution in [3.63, 3.8) is 0 Å². The lowest BCUT2D eigenvalue weighted by Gasteiger charge is -2.35. The van der Waals surface area contributed by atoms with Gasteiger partial charge in [-0.15, -0.1) is 0 Å². The van der Waals surface area contributed by atoms with Crippen LogP contribution in [0.3, 0.4) is 0 Å². The lowest BCUT2D eigenvalue weighted by molar-refractivity contribution is -0.0704. The van der Waals surface area contributed by atoms with Gasteiger partial charge in [0, 0.05) is 30.8 Å². The molecule has 0 aliphatic carbocycles. The quantitative estimate of drug-likeness (QED) is 0.593. The third-order valence-corrected chi connectivity index (χ3v) is 5.41. The van der Waals surface area contributed by atoms with Crippen molar-refractivity contribution in [2.45, 2.75) is 39.1 Å². The average Bonchev–Trinajstić information content (AvgIpc) is 3.26. The van der Waals surface area contributed by atoms with E-state index in [2.05, 4.69) is 39.2 Å². The van der Waals surface area contributed by atoms with Crippen LogP contribution in [0.4, 0.5) is 0 Å². The van der Waals surface area contributed by atoms with Crippen molar-refractivity contribution < 1.29 is 14.3 Å². The van der Waals surface area contributed by atoms with Gasteiger partial charge in [0.2, 0.25) is 0 Å². The van der Waals surface area contributed by atoms with Gasteiger partial charge in [0.15, 0.2) is 5.82 Å². The summed E-state index contributed by atoms with van der Waals surface area (Å²) in [6.07, 6.45) is 0.482. The number of carbonyl (C=O) groups excluding carboxylic acids is 1. The number of carbonyl (C=O) groups is 1. The number of hydrogen-bond acceptors (Lipinski definition) is 6. The summed E-state index contributed by atoms with van der Waals surface area (Å²) in [6, 6.07) is 15.2. The Hall–Kier alpha value is -3.23. The van der Waals surface area contributed by atoms with E-state index in [4.69, 9.17) is 9.47 Å². The molecule has 4 rings (SSSR count). The molecular formula is C24H29N5O3. The maximum absolute atomic E-state index is 12.5. The third-order valence-electron chi connectivity index (χ3n) is 5.41. The van der Waals surface area contributed by atoms with E-state index < -0.39 is 0 Å². The summed E-state index contributed by atoms with van der Waals surface area (Å²) in [5.41, 5.74) is 2.67. The normalized spacial score (nSPS) is 19.0. The summed E-state index contributed by atoms with van der Waals surface area (Å²) >= 11 is 0. The lowest BCUT2D eigenvalue weighted by atomic mass is 10.1. The number of amides is 1. The number of aromatic nitrogens is 3. The SMILES string of the molecule is COc1ccc(-c2n[nH]c(CNC(=O)c3ccc(CN4CC(C)OC(C)C4)cc3)n2)cc1. The Balaban J connectivity index is 1.30. The predicted molar refractivity (Wildman–Crippen MR) is 121 cm³/mol. The van der Waals surface area contributed by atoms with E-state index in [0.29, 0.717) is 17.2 Å². The first-order chi connectivity index (χ1) is 15.5. The summed E-state index contributed by atoms with van der Waals surface area (Å²) in [5, 5.41) is 10.00. The molecule has 1 aliphatic heterocycles. The van der Waals surface area contributed by atoms with Crippen LogP contribution in [0.25, 0.3) is 11.4 Å². The van der Waals surface area contributed by atoms with Crippen molar-refractivity contribution in [3.05, 3.63) is 65.5 Å². The Kier molecular flexibility index (Phi) is 6.82. The van der Waals surface area contributed by atoms with Gasteiger partial charge >= 0.3 is 0 Å². The molecule has 168 valence electrons. The largest absolute Gasteiger partial charge is 0.497 e. The Morgan fingerprint density at radius 3 is 2.47 bits per heavy atom. The molecule has 1 amide bonds. The molecule has 1 saturated heterocycles. The zero-order valence-corrected chi connectivity index (χ0v) is 18.7. The Morgan fingerprint density at radius 1 is 1.12 bits per heavy atom. The van der Waals surface area contributed by atoms with Crippen LogP contribution in [0, 0.1) is 0 Å². The maximum Gasteiger partial charge on any atom is 0.251 e. The zero-order chi connectivity index (χ0) is 22.5. The Morgan fingerprint density at radius 2 is 1.81 bits per heavy atom. The molecule has 8 nitrogen and oxygen atoms in total. The summed E-state index contributed by atoms with van der Waals surface area (Å²) < 4.78 is 11.0. The highest BCUT2D eigenvalue weighted by molar-refractivity contribution is 5.94. The van der Waals surface area contributed by atoms with Gasteiger partial charge in [-0.25, -0.2) is 4.98 Å². The van der Waals surface area contributed by atoms with Crippen LogP contribution in [-0.2, 0) is 17.8 Å². The number of H-pyrrole nitrogens is 1. The number of methoxy groups -OCH3 is 1. The van der Waals surface area contributed by atoms with Crippen LogP contribution in [0.2, 0.25) is 0 Å². The smallest absolute Gasteiger partial charge is 0.251 e. The number of benzene rings is 2. The van der Waals surface area contributed by atoms with E-state index >= 15 is 0 Å². The van der Waals surface area contributed by atoms with Gasteiger partial charge in [0.25, 0.3) is 5.91 Å². The minimum atomic E-state index is -0.146. The summed E-state index contributed by atoms with van der Waals surface area (Å²) in [7, 11) is 1.63. The first kappa shape index (κ1) is 22.0. The van der Waals surface area contributed by atoms with Gasteiger partial charge in [-0.05, 0) is 55.8 Å². The molecule has 3 aromatic rings. The molecule has 8 heteroatoms. The van der Waals surface area contributed by atoms with Crippen molar-refractivity contribution in [2.24, 2.45) is 0 Å². The van der Waals surface area contributed by atoms with Crippen LogP contribution < -0.4 is 10.1 Å². The number of nitrogens with one attached hydrogen (secondary N) is 2. The molecule has 0 radical (unpaired) electrons. The fourth-order valence-corrected chi connectivity index (χ4v) is 3.94. The van der Waals surface area contributed by atoms with Crippen LogP contribution in [0.5, 0.6) is 5.75 Å². The number of rotatable bonds is 7. The highest BCUT2D eigenvalue weighted by atomic mass is 16.5. The first-order valence-corrected chi connectivity index (χ1v) is 10.8. The predicted octanol–water partition coefficient (Wildman–Crippen LogP) is 3.02. The number of morpholine rings is 1. The van der Waals surface area contributed by atoms with E-state index in [0.717, 1.165) is 30.9 Å². The second-order valence-electron chi connectivity index (χ2n) is 8.17. The molecule has 2 unspecified atom stereocenters. The van der Waals surface area contributed by atoms with Gasteiger partial charge in [0.05, 0.1) is 25.9 Å². The van der Waals surface area contributed by atoms with Gasteiger partial charge in [-0.2, -0.15) is 5.10 Å². The topological polar surface area (TPSA) is 92.4 Å². The highest BCUT2D eigenvalue weighted by Gasteiger charge is 2.22. The molecular weight excluding hydrogens is 406 g/mol. The third kappa shape index (κ3) is 5.52. The standard InChI is InChI=1S/C24H29N5O3/c1-16-13-29(14-17(2)32-16)15-18-4-6-20(7-5-18)24(30)25-12-22-26-23(28-27-22)19-8-10-21(31-3)11-9-19/h4-11,16-17H,12-15H2,1-3H3,(H,25,30)(H,26,27,28). The number of nitrogens with zero attached hydrogens (tertiary/aromatic N) is 3. The molecule has 32 heavy (non-hydrogen) atoms. The van der Waals surface area contributed by atoms with E-state index in [1.165, 1.54) is 5.56 Å². The molecule has 0 saturated carbocycles. The van der Waals surface area contributed by atoms with Crippen LogP contribution >= 0.6 is 0 Å². The van der Waals surface area contributed by atoms with E-state index in [9.17, 15) is 4.79 Å². The van der Waals surface area contributed by atoms with Crippen molar-refractivity contribution in [3.8, 4) is 17.1 Å². The molecule has 2 atom stereocenters. The van der Waals surface area contributed by atoms with E-state index in [-0.39, 0.29) is 24.7 Å². The lowest BCUT2D eigenvalue weighted by Crippen LogP contribution is -2.44. The first-order valence-electron chi connectivity index (χ1n) is 10.8. The maximum atomic E-state index is 12.5. The van der Waals surface area contributed by atoms with Crippen molar-refractivity contribution in [1.82, 2.24) is 25.4 Å². The molecule has 2 aromatic carbocycles. The monoisotopic (exact) mass is 435 g/mol. The van der Waals surface area contributed by atoms with Gasteiger partial charge in [-0.1, -0.05) is 12.1 Å². The molecule has 2 N–H and O–H groups in total. The van der Waals surface area contributed by atoms with Crippen LogP contribution in [0.15, 0.2) is 48.5 Å². The molecule has 1 aromatic heterocycles. The Bertz CT molecular complexity index is 1020. The fourth-order valence-electron chi connectivity index (χ4n) is 3.94. The molecule has 1 fully saturated rings. The van der Waals surface area contributed by atoms with Crippen LogP contribution in [-0.4, -0.2) is 58.4 Å². The van der Waals surface area contributed by atoms with Crippen molar-refractivity contribution in [1.29, 1.82) is 0 Å². The van der Waals surface area contributed by atoms with Gasteiger partial charge in [0.1, 0.15) is 11.6 Å². The summed E-state index contributed by atoms with van der Waals surface area (Å²) in [5.74, 6) is 1.80. The molecule has 0 spiro atoms. The van der Waals surface area contributed by atoms with Crippen molar-refractivity contribution in [2.75, 3.05) is 20.2 Å². The van der Waals surface area contributed by atoms with Gasteiger partial charge < -0.3 is 14.8 Å². The highest BCUT2D eigenvalue weighted by Crippen LogP contribution is 2.19. The minimum Gasteiger partial charge on any atom is -0.497 e. The molecule has 0 bridgehead atoms. The van der Waals surface area contributed by atoms with E-state index in [1.54, 1.807) is 7.11 Å². The second kappa shape index (κ2) is 9.93. The molecule has 2 heterocycles. The summed E-state index contributed by atoms with van der Waals surface area (Å²) in [4.78, 5) is 19.4. The average molecular weight is 436 g/mol.